The van der Waals surface area contributed by atoms with E-state index >= 15 is 0 Å². The highest BCUT2D eigenvalue weighted by Crippen LogP contribution is 2.19. The van der Waals surface area contributed by atoms with Crippen molar-refractivity contribution in [3.05, 3.63) is 65.7 Å². The Kier molecular flexibility index (Phi) is 9.18. The van der Waals surface area contributed by atoms with Gasteiger partial charge in [-0.2, -0.15) is 0 Å². The van der Waals surface area contributed by atoms with E-state index in [9.17, 15) is 0 Å². The van der Waals surface area contributed by atoms with E-state index in [4.69, 9.17) is 4.74 Å². The molecule has 1 atom stereocenters. The average molecular weight is 424 g/mol. The van der Waals surface area contributed by atoms with E-state index in [1.54, 1.807) is 0 Å². The number of aliphatic imine (C=N–C) groups is 1. The monoisotopic (exact) mass is 423 g/mol. The Hall–Kier alpha value is -2.57. The molecule has 31 heavy (non-hydrogen) atoms. The lowest BCUT2D eigenvalue weighted by Crippen LogP contribution is -2.43. The summed E-state index contributed by atoms with van der Waals surface area (Å²) in [6.45, 7) is 11.5. The predicted molar refractivity (Wildman–Crippen MR) is 130 cm³/mol. The summed E-state index contributed by atoms with van der Waals surface area (Å²) in [7, 11) is 1.83. The van der Waals surface area contributed by atoms with Crippen LogP contribution in [0.4, 0.5) is 5.69 Å². The molecule has 0 aliphatic carbocycles. The second-order valence-corrected chi connectivity index (χ2v) is 7.72. The quantitative estimate of drug-likeness (QED) is 0.479. The Morgan fingerprint density at radius 1 is 1.00 bits per heavy atom. The number of benzene rings is 2. The molecule has 0 bridgehead atoms. The molecule has 1 unspecified atom stereocenters. The van der Waals surface area contributed by atoms with Gasteiger partial charge in [-0.3, -0.25) is 9.89 Å². The molecule has 168 valence electrons. The SMILES string of the molecule is CCN(CC)C(CNC(=NC)NCc1ccc(N2CCOCC2)cc1)c1ccccc1. The third-order valence-corrected chi connectivity index (χ3v) is 5.90. The van der Waals surface area contributed by atoms with Crippen LogP contribution < -0.4 is 15.5 Å². The molecule has 0 aromatic heterocycles. The zero-order chi connectivity index (χ0) is 21.9. The van der Waals surface area contributed by atoms with Gasteiger partial charge in [0.2, 0.25) is 0 Å². The molecule has 0 saturated carbocycles. The van der Waals surface area contributed by atoms with Crippen molar-refractivity contribution in [1.82, 2.24) is 15.5 Å². The molecule has 2 aromatic carbocycles. The first kappa shape index (κ1) is 23.1. The third kappa shape index (κ3) is 6.71. The summed E-state index contributed by atoms with van der Waals surface area (Å²) in [4.78, 5) is 9.27. The van der Waals surface area contributed by atoms with Crippen LogP contribution in [0.25, 0.3) is 0 Å². The van der Waals surface area contributed by atoms with Crippen molar-refractivity contribution < 1.29 is 4.74 Å². The minimum atomic E-state index is 0.308. The van der Waals surface area contributed by atoms with Crippen LogP contribution in [0.3, 0.4) is 0 Å². The van der Waals surface area contributed by atoms with Gasteiger partial charge in [-0.1, -0.05) is 56.3 Å². The van der Waals surface area contributed by atoms with Crippen molar-refractivity contribution in [2.75, 3.05) is 57.9 Å². The average Bonchev–Trinajstić information content (AvgIpc) is 2.85. The van der Waals surface area contributed by atoms with Crippen LogP contribution in [0, 0.1) is 0 Å². The normalized spacial score (nSPS) is 15.7. The summed E-state index contributed by atoms with van der Waals surface area (Å²) in [5.41, 5.74) is 3.83. The first-order chi connectivity index (χ1) is 15.2. The van der Waals surface area contributed by atoms with Crippen molar-refractivity contribution in [2.24, 2.45) is 4.99 Å². The van der Waals surface area contributed by atoms with Gasteiger partial charge in [-0.15, -0.1) is 0 Å². The minimum Gasteiger partial charge on any atom is -0.378 e. The Balaban J connectivity index is 1.54. The van der Waals surface area contributed by atoms with E-state index < -0.39 is 0 Å². The molecule has 0 spiro atoms. The van der Waals surface area contributed by atoms with Gasteiger partial charge < -0.3 is 20.3 Å². The van der Waals surface area contributed by atoms with Crippen LogP contribution in [0.5, 0.6) is 0 Å². The fraction of sp³-hybridized carbons (Fsp3) is 0.480. The van der Waals surface area contributed by atoms with E-state index in [0.717, 1.165) is 58.4 Å². The predicted octanol–water partition coefficient (Wildman–Crippen LogP) is 3.27. The lowest BCUT2D eigenvalue weighted by Gasteiger charge is -2.31. The van der Waals surface area contributed by atoms with E-state index in [1.165, 1.54) is 16.8 Å². The number of hydrogen-bond acceptors (Lipinski definition) is 4. The van der Waals surface area contributed by atoms with E-state index in [1.807, 2.05) is 7.05 Å². The smallest absolute Gasteiger partial charge is 0.191 e. The van der Waals surface area contributed by atoms with Crippen LogP contribution in [-0.2, 0) is 11.3 Å². The van der Waals surface area contributed by atoms with Crippen molar-refractivity contribution in [2.45, 2.75) is 26.4 Å². The first-order valence-corrected chi connectivity index (χ1v) is 11.4. The lowest BCUT2D eigenvalue weighted by atomic mass is 10.1. The standard InChI is InChI=1S/C25H37N5O/c1-4-29(5-2)24(22-9-7-6-8-10-22)20-28-25(26-3)27-19-21-11-13-23(14-12-21)30-15-17-31-18-16-30/h6-14,24H,4-5,15-20H2,1-3H3,(H2,26,27,28). The number of nitrogens with zero attached hydrogens (tertiary/aromatic N) is 3. The molecule has 2 N–H and O–H groups in total. The number of morpholine rings is 1. The number of likely N-dealkylation sites (N-methyl/N-ethyl adjacent to an activating group) is 1. The van der Waals surface area contributed by atoms with Gasteiger partial charge in [-0.05, 0) is 36.3 Å². The molecule has 0 amide bonds. The lowest BCUT2D eigenvalue weighted by molar-refractivity contribution is 0.122. The van der Waals surface area contributed by atoms with Gasteiger partial charge in [0.15, 0.2) is 5.96 Å². The molecule has 1 aliphatic rings. The summed E-state index contributed by atoms with van der Waals surface area (Å²) in [5.74, 6) is 0.824. The summed E-state index contributed by atoms with van der Waals surface area (Å²) in [6, 6.07) is 19.8. The highest BCUT2D eigenvalue weighted by atomic mass is 16.5. The molecule has 6 heteroatoms. The van der Waals surface area contributed by atoms with Gasteiger partial charge in [-0.25, -0.2) is 0 Å². The van der Waals surface area contributed by atoms with Gasteiger partial charge in [0, 0.05) is 38.9 Å². The van der Waals surface area contributed by atoms with Crippen LogP contribution in [0.1, 0.15) is 31.0 Å². The van der Waals surface area contributed by atoms with Crippen molar-refractivity contribution in [1.29, 1.82) is 0 Å². The Bertz CT molecular complexity index is 783. The summed E-state index contributed by atoms with van der Waals surface area (Å²) >= 11 is 0. The summed E-state index contributed by atoms with van der Waals surface area (Å²) < 4.78 is 5.44. The van der Waals surface area contributed by atoms with Crippen molar-refractivity contribution in [3.63, 3.8) is 0 Å². The van der Waals surface area contributed by atoms with Crippen LogP contribution in [0.2, 0.25) is 0 Å². The first-order valence-electron chi connectivity index (χ1n) is 11.4. The van der Waals surface area contributed by atoms with E-state index in [0.29, 0.717) is 6.04 Å². The molecule has 0 radical (unpaired) electrons. The number of anilines is 1. The largest absolute Gasteiger partial charge is 0.378 e. The van der Waals surface area contributed by atoms with Crippen LogP contribution in [-0.4, -0.2) is 63.8 Å². The summed E-state index contributed by atoms with van der Waals surface area (Å²) in [5, 5.41) is 6.98. The number of ether oxygens (including phenoxy) is 1. The number of rotatable bonds is 9. The molecule has 1 aliphatic heterocycles. The van der Waals surface area contributed by atoms with E-state index in [2.05, 4.69) is 93.9 Å². The van der Waals surface area contributed by atoms with Crippen LogP contribution >= 0.6 is 0 Å². The van der Waals surface area contributed by atoms with Gasteiger partial charge in [0.1, 0.15) is 0 Å². The fourth-order valence-corrected chi connectivity index (χ4v) is 4.04. The molecule has 1 saturated heterocycles. The van der Waals surface area contributed by atoms with Gasteiger partial charge >= 0.3 is 0 Å². The number of nitrogens with one attached hydrogen (secondary N) is 2. The topological polar surface area (TPSA) is 52.1 Å². The van der Waals surface area contributed by atoms with Gasteiger partial charge in [0.25, 0.3) is 0 Å². The van der Waals surface area contributed by atoms with Crippen molar-refractivity contribution in [3.8, 4) is 0 Å². The minimum absolute atomic E-state index is 0.308. The Morgan fingerprint density at radius 2 is 1.68 bits per heavy atom. The molecule has 1 fully saturated rings. The van der Waals surface area contributed by atoms with Gasteiger partial charge in [0.05, 0.1) is 19.3 Å². The summed E-state index contributed by atoms with van der Waals surface area (Å²) in [6.07, 6.45) is 0. The molecule has 1 heterocycles. The Morgan fingerprint density at radius 3 is 2.29 bits per heavy atom. The van der Waals surface area contributed by atoms with E-state index in [-0.39, 0.29) is 0 Å². The zero-order valence-corrected chi connectivity index (χ0v) is 19.2. The van der Waals surface area contributed by atoms with Crippen LogP contribution in [0.15, 0.2) is 59.6 Å². The number of hydrogen-bond donors (Lipinski definition) is 2. The highest BCUT2D eigenvalue weighted by molar-refractivity contribution is 5.79. The molecule has 3 rings (SSSR count). The maximum Gasteiger partial charge on any atom is 0.191 e. The second kappa shape index (κ2) is 12.3. The highest BCUT2D eigenvalue weighted by Gasteiger charge is 2.18. The third-order valence-electron chi connectivity index (χ3n) is 5.90. The number of guanidine groups is 1. The molecule has 6 nitrogen and oxygen atoms in total. The Labute approximate surface area is 187 Å². The zero-order valence-electron chi connectivity index (χ0n) is 19.2. The second-order valence-electron chi connectivity index (χ2n) is 7.72. The maximum atomic E-state index is 5.44. The van der Waals surface area contributed by atoms with Crippen molar-refractivity contribution >= 4 is 11.6 Å². The fourth-order valence-electron chi connectivity index (χ4n) is 4.04. The molecule has 2 aromatic rings. The molecular formula is C25H37N5O. The molecular weight excluding hydrogens is 386 g/mol. The maximum absolute atomic E-state index is 5.44.